The molecule has 2 aromatic rings. The van der Waals surface area contributed by atoms with E-state index < -0.39 is 0 Å². The minimum atomic E-state index is 0.917. The van der Waals surface area contributed by atoms with Gasteiger partial charge in [-0.05, 0) is 43.8 Å². The Bertz CT molecular complexity index is 584. The standard InChI is InChI=1S/C19H28N2O/c1-17-16-18-8-4-5-9-19(18)21(17)11-7-3-2-6-10-20-12-14-22-15-13-20/h4-5,8-9,16H,2-3,6-7,10-15H2,1H3. The molecule has 3 nitrogen and oxygen atoms in total. The van der Waals surface area contributed by atoms with Crippen LogP contribution >= 0.6 is 0 Å². The van der Waals surface area contributed by atoms with Crippen LogP contribution in [0.25, 0.3) is 10.9 Å². The molecule has 1 aromatic heterocycles. The largest absolute Gasteiger partial charge is 0.379 e. The highest BCUT2D eigenvalue weighted by atomic mass is 16.5. The zero-order chi connectivity index (χ0) is 15.2. The van der Waals surface area contributed by atoms with Gasteiger partial charge in [-0.2, -0.15) is 0 Å². The van der Waals surface area contributed by atoms with Crippen molar-refractivity contribution in [3.05, 3.63) is 36.0 Å². The van der Waals surface area contributed by atoms with Gasteiger partial charge in [0.05, 0.1) is 13.2 Å². The van der Waals surface area contributed by atoms with Gasteiger partial charge < -0.3 is 9.30 Å². The molecular weight excluding hydrogens is 272 g/mol. The molecule has 0 N–H and O–H groups in total. The summed E-state index contributed by atoms with van der Waals surface area (Å²) in [5.74, 6) is 0. The summed E-state index contributed by atoms with van der Waals surface area (Å²) in [6.07, 6.45) is 5.28. The van der Waals surface area contributed by atoms with E-state index >= 15 is 0 Å². The lowest BCUT2D eigenvalue weighted by Gasteiger charge is -2.26. The normalized spacial score (nSPS) is 16.4. The quantitative estimate of drug-likeness (QED) is 0.723. The molecule has 0 bridgehead atoms. The number of para-hydroxylation sites is 1. The summed E-state index contributed by atoms with van der Waals surface area (Å²) in [4.78, 5) is 2.53. The summed E-state index contributed by atoms with van der Waals surface area (Å²) in [5.41, 5.74) is 2.77. The Hall–Kier alpha value is -1.32. The summed E-state index contributed by atoms with van der Waals surface area (Å²) in [6.45, 7) is 8.69. The fourth-order valence-corrected chi connectivity index (χ4v) is 3.43. The Morgan fingerprint density at radius 1 is 0.955 bits per heavy atom. The highest BCUT2D eigenvalue weighted by Gasteiger charge is 2.09. The average molecular weight is 300 g/mol. The molecule has 1 fully saturated rings. The van der Waals surface area contributed by atoms with Gasteiger partial charge in [-0.15, -0.1) is 0 Å². The number of nitrogens with zero attached hydrogens (tertiary/aromatic N) is 2. The van der Waals surface area contributed by atoms with Crippen LogP contribution in [0.5, 0.6) is 0 Å². The van der Waals surface area contributed by atoms with E-state index in [0.717, 1.165) is 32.8 Å². The van der Waals surface area contributed by atoms with Crippen molar-refractivity contribution in [1.29, 1.82) is 0 Å². The molecular formula is C19H28N2O. The van der Waals surface area contributed by atoms with E-state index in [1.807, 2.05) is 0 Å². The molecule has 0 saturated carbocycles. The summed E-state index contributed by atoms with van der Waals surface area (Å²) in [7, 11) is 0. The van der Waals surface area contributed by atoms with Crippen molar-refractivity contribution in [3.8, 4) is 0 Å². The Kier molecular flexibility index (Phi) is 5.52. The zero-order valence-corrected chi connectivity index (χ0v) is 13.8. The van der Waals surface area contributed by atoms with E-state index in [1.165, 1.54) is 48.8 Å². The summed E-state index contributed by atoms with van der Waals surface area (Å²) in [6, 6.07) is 11.0. The van der Waals surface area contributed by atoms with Crippen molar-refractivity contribution in [2.45, 2.75) is 39.2 Å². The van der Waals surface area contributed by atoms with Crippen LogP contribution < -0.4 is 0 Å². The van der Waals surface area contributed by atoms with Crippen LogP contribution in [0, 0.1) is 6.92 Å². The monoisotopic (exact) mass is 300 g/mol. The summed E-state index contributed by atoms with van der Waals surface area (Å²) < 4.78 is 7.86. The van der Waals surface area contributed by atoms with Crippen LogP contribution in [0.15, 0.2) is 30.3 Å². The fourth-order valence-electron chi connectivity index (χ4n) is 3.43. The van der Waals surface area contributed by atoms with Crippen molar-refractivity contribution in [1.82, 2.24) is 9.47 Å². The molecule has 22 heavy (non-hydrogen) atoms. The van der Waals surface area contributed by atoms with Crippen LogP contribution in [-0.4, -0.2) is 42.3 Å². The molecule has 120 valence electrons. The third kappa shape index (κ3) is 3.90. The van der Waals surface area contributed by atoms with Crippen LogP contribution in [0.4, 0.5) is 0 Å². The van der Waals surface area contributed by atoms with Gasteiger partial charge in [0, 0.05) is 30.8 Å². The molecule has 2 heterocycles. The number of aryl methyl sites for hydroxylation is 2. The van der Waals surface area contributed by atoms with Gasteiger partial charge in [-0.25, -0.2) is 0 Å². The highest BCUT2D eigenvalue weighted by Crippen LogP contribution is 2.20. The van der Waals surface area contributed by atoms with E-state index in [-0.39, 0.29) is 0 Å². The molecule has 0 unspecified atom stereocenters. The smallest absolute Gasteiger partial charge is 0.0594 e. The lowest BCUT2D eigenvalue weighted by molar-refractivity contribution is 0.0371. The fraction of sp³-hybridized carbons (Fsp3) is 0.579. The second-order valence-electron chi connectivity index (χ2n) is 6.36. The maximum atomic E-state index is 5.39. The minimum absolute atomic E-state index is 0.917. The average Bonchev–Trinajstić information content (AvgIpc) is 2.87. The predicted octanol–water partition coefficient (Wildman–Crippen LogP) is 3.84. The van der Waals surface area contributed by atoms with E-state index in [4.69, 9.17) is 4.74 Å². The predicted molar refractivity (Wildman–Crippen MR) is 92.4 cm³/mol. The molecule has 0 atom stereocenters. The van der Waals surface area contributed by atoms with E-state index in [1.54, 1.807) is 0 Å². The Labute approximate surface area is 133 Å². The van der Waals surface area contributed by atoms with Crippen LogP contribution in [0.1, 0.15) is 31.4 Å². The molecule has 1 aliphatic rings. The Morgan fingerprint density at radius 2 is 1.68 bits per heavy atom. The maximum absolute atomic E-state index is 5.39. The third-order valence-electron chi connectivity index (χ3n) is 4.73. The van der Waals surface area contributed by atoms with Crippen molar-refractivity contribution in [3.63, 3.8) is 0 Å². The molecule has 1 saturated heterocycles. The lowest BCUT2D eigenvalue weighted by atomic mass is 10.2. The zero-order valence-electron chi connectivity index (χ0n) is 13.8. The van der Waals surface area contributed by atoms with Gasteiger partial charge >= 0.3 is 0 Å². The number of benzene rings is 1. The molecule has 1 aliphatic heterocycles. The van der Waals surface area contributed by atoms with Gasteiger partial charge in [0.2, 0.25) is 0 Å². The van der Waals surface area contributed by atoms with E-state index in [2.05, 4.69) is 46.7 Å². The van der Waals surface area contributed by atoms with E-state index in [9.17, 15) is 0 Å². The molecule has 3 rings (SSSR count). The van der Waals surface area contributed by atoms with Gasteiger partial charge in [-0.3, -0.25) is 4.90 Å². The molecule has 3 heteroatoms. The third-order valence-corrected chi connectivity index (χ3v) is 4.73. The van der Waals surface area contributed by atoms with E-state index in [0.29, 0.717) is 0 Å². The number of fused-ring (bicyclic) bond motifs is 1. The topological polar surface area (TPSA) is 17.4 Å². The number of rotatable bonds is 7. The first-order valence-electron chi connectivity index (χ1n) is 8.69. The second-order valence-corrected chi connectivity index (χ2v) is 6.36. The minimum Gasteiger partial charge on any atom is -0.379 e. The Morgan fingerprint density at radius 3 is 2.50 bits per heavy atom. The number of aromatic nitrogens is 1. The molecule has 0 aliphatic carbocycles. The van der Waals surface area contributed by atoms with Gasteiger partial charge in [0.1, 0.15) is 0 Å². The molecule has 0 spiro atoms. The van der Waals surface area contributed by atoms with Crippen molar-refractivity contribution < 1.29 is 4.74 Å². The first kappa shape index (κ1) is 15.6. The number of hydrogen-bond donors (Lipinski definition) is 0. The number of hydrogen-bond acceptors (Lipinski definition) is 2. The highest BCUT2D eigenvalue weighted by molar-refractivity contribution is 5.81. The van der Waals surface area contributed by atoms with Gasteiger partial charge in [0.25, 0.3) is 0 Å². The van der Waals surface area contributed by atoms with Gasteiger partial charge in [0.15, 0.2) is 0 Å². The van der Waals surface area contributed by atoms with Crippen LogP contribution in [0.2, 0.25) is 0 Å². The van der Waals surface area contributed by atoms with Crippen molar-refractivity contribution in [2.24, 2.45) is 0 Å². The lowest BCUT2D eigenvalue weighted by Crippen LogP contribution is -2.36. The number of ether oxygens (including phenoxy) is 1. The summed E-state index contributed by atoms with van der Waals surface area (Å²) >= 11 is 0. The van der Waals surface area contributed by atoms with Gasteiger partial charge in [-0.1, -0.05) is 31.0 Å². The first-order chi connectivity index (χ1) is 10.8. The first-order valence-corrected chi connectivity index (χ1v) is 8.69. The molecule has 0 radical (unpaired) electrons. The SMILES string of the molecule is Cc1cc2ccccc2n1CCCCCCN1CCOCC1. The number of morpholine rings is 1. The molecule has 0 amide bonds. The van der Waals surface area contributed by atoms with Crippen LogP contribution in [0.3, 0.4) is 0 Å². The van der Waals surface area contributed by atoms with Crippen LogP contribution in [-0.2, 0) is 11.3 Å². The second kappa shape index (κ2) is 7.80. The van der Waals surface area contributed by atoms with Crippen molar-refractivity contribution in [2.75, 3.05) is 32.8 Å². The summed E-state index contributed by atoms with van der Waals surface area (Å²) in [5, 5.41) is 1.37. The molecule has 1 aromatic carbocycles. The number of unbranched alkanes of at least 4 members (excludes halogenated alkanes) is 3. The van der Waals surface area contributed by atoms with Crippen molar-refractivity contribution >= 4 is 10.9 Å². The maximum Gasteiger partial charge on any atom is 0.0594 e. The Balaban J connectivity index is 1.38.